The van der Waals surface area contributed by atoms with Crippen molar-refractivity contribution in [2.45, 2.75) is 38.1 Å². The van der Waals surface area contributed by atoms with Crippen LogP contribution in [-0.4, -0.2) is 49.0 Å². The molecule has 2 fully saturated rings. The highest BCUT2D eigenvalue weighted by atomic mass is 127. The van der Waals surface area contributed by atoms with Crippen LogP contribution in [0.25, 0.3) is 0 Å². The van der Waals surface area contributed by atoms with Gasteiger partial charge in [-0.25, -0.2) is 9.38 Å². The van der Waals surface area contributed by atoms with E-state index >= 15 is 0 Å². The highest BCUT2D eigenvalue weighted by molar-refractivity contribution is 14.0. The molecule has 5 nitrogen and oxygen atoms in total. The Hall–Kier alpha value is -1.09. The lowest BCUT2D eigenvalue weighted by Gasteiger charge is -2.15. The largest absolute Gasteiger partial charge is 0.357 e. The number of carbonyl (C=O) groups is 1. The second-order valence-electron chi connectivity index (χ2n) is 6.51. The lowest BCUT2D eigenvalue weighted by atomic mass is 10.1. The van der Waals surface area contributed by atoms with Crippen LogP contribution in [0.3, 0.4) is 0 Å². The summed E-state index contributed by atoms with van der Waals surface area (Å²) in [5.41, 5.74) is 0.561. The van der Waals surface area contributed by atoms with E-state index < -0.39 is 0 Å². The normalized spacial score (nSPS) is 22.0. The van der Waals surface area contributed by atoms with Gasteiger partial charge >= 0.3 is 0 Å². The number of likely N-dealkylation sites (tertiary alicyclic amines) is 1. The van der Waals surface area contributed by atoms with E-state index in [1.807, 2.05) is 11.8 Å². The molecule has 2 aliphatic rings. The molecular weight excluding hydrogens is 470 g/mol. The zero-order valence-corrected chi connectivity index (χ0v) is 17.9. The van der Waals surface area contributed by atoms with Crippen molar-refractivity contribution in [3.05, 3.63) is 34.6 Å². The number of hydrogen-bond donors (Lipinski definition) is 2. The van der Waals surface area contributed by atoms with Gasteiger partial charge < -0.3 is 15.5 Å². The molecule has 1 saturated heterocycles. The first-order chi connectivity index (χ1) is 12.1. The maximum Gasteiger partial charge on any atom is 0.244 e. The molecule has 1 aromatic carbocycles. The van der Waals surface area contributed by atoms with Crippen molar-refractivity contribution >= 4 is 47.4 Å². The lowest BCUT2D eigenvalue weighted by Crippen LogP contribution is -2.40. The maximum atomic E-state index is 14.0. The second-order valence-corrected chi connectivity index (χ2v) is 6.92. The van der Waals surface area contributed by atoms with E-state index in [4.69, 9.17) is 11.6 Å². The molecule has 2 unspecified atom stereocenters. The fourth-order valence-electron chi connectivity index (χ4n) is 3.25. The standard InChI is InChI=1S/C18H24ClFN4O.HI/c1-2-21-18(22-11-16(25)24-8-3-4-9-24)23-15-10-12(15)17-13(19)6-5-7-14(17)20;/h5-7,12,15H,2-4,8-11H2,1H3,(H2,21,22,23);1H. The molecule has 0 spiro atoms. The van der Waals surface area contributed by atoms with Crippen LogP contribution in [0.1, 0.15) is 37.7 Å². The molecule has 3 rings (SSSR count). The van der Waals surface area contributed by atoms with Gasteiger partial charge in [-0.1, -0.05) is 17.7 Å². The molecule has 144 valence electrons. The van der Waals surface area contributed by atoms with Crippen molar-refractivity contribution in [1.29, 1.82) is 0 Å². The van der Waals surface area contributed by atoms with E-state index in [1.165, 1.54) is 6.07 Å². The molecule has 0 radical (unpaired) electrons. The molecular formula is C18H25ClFIN4O. The SMILES string of the molecule is CCNC(=NCC(=O)N1CCCC1)NC1CC1c1c(F)cccc1Cl.I. The first kappa shape index (κ1) is 21.2. The van der Waals surface area contributed by atoms with E-state index in [9.17, 15) is 9.18 Å². The predicted octanol–water partition coefficient (Wildman–Crippen LogP) is 3.13. The van der Waals surface area contributed by atoms with Crippen LogP contribution >= 0.6 is 35.6 Å². The summed E-state index contributed by atoms with van der Waals surface area (Å²) in [6.07, 6.45) is 2.94. The van der Waals surface area contributed by atoms with Crippen molar-refractivity contribution in [2.24, 2.45) is 4.99 Å². The van der Waals surface area contributed by atoms with Crippen molar-refractivity contribution < 1.29 is 9.18 Å². The predicted molar refractivity (Wildman–Crippen MR) is 113 cm³/mol. The molecule has 1 heterocycles. The summed E-state index contributed by atoms with van der Waals surface area (Å²) in [6.45, 7) is 4.45. The van der Waals surface area contributed by atoms with E-state index in [2.05, 4.69) is 15.6 Å². The number of amides is 1. The Morgan fingerprint density at radius 2 is 2.12 bits per heavy atom. The molecule has 1 aliphatic carbocycles. The van der Waals surface area contributed by atoms with E-state index in [-0.39, 0.29) is 54.2 Å². The number of nitrogens with zero attached hydrogens (tertiary/aromatic N) is 2. The fourth-order valence-corrected chi connectivity index (χ4v) is 3.55. The minimum atomic E-state index is -0.270. The average Bonchev–Trinajstić information content (AvgIpc) is 3.10. The monoisotopic (exact) mass is 494 g/mol. The molecule has 8 heteroatoms. The van der Waals surface area contributed by atoms with Crippen LogP contribution in [0.5, 0.6) is 0 Å². The van der Waals surface area contributed by atoms with Crippen molar-refractivity contribution in [2.75, 3.05) is 26.2 Å². The van der Waals surface area contributed by atoms with Gasteiger partial charge in [0.2, 0.25) is 5.91 Å². The van der Waals surface area contributed by atoms with Gasteiger partial charge in [0.15, 0.2) is 5.96 Å². The first-order valence-corrected chi connectivity index (χ1v) is 9.24. The van der Waals surface area contributed by atoms with Gasteiger partial charge in [-0.15, -0.1) is 24.0 Å². The number of halogens is 3. The number of guanidine groups is 1. The molecule has 2 N–H and O–H groups in total. The Kier molecular flexibility index (Phi) is 7.94. The van der Waals surface area contributed by atoms with Gasteiger partial charge in [-0.2, -0.15) is 0 Å². The number of hydrogen-bond acceptors (Lipinski definition) is 2. The minimum Gasteiger partial charge on any atom is -0.357 e. The Bertz CT molecular complexity index is 646. The van der Waals surface area contributed by atoms with Crippen LogP contribution < -0.4 is 10.6 Å². The van der Waals surface area contributed by atoms with Crippen LogP contribution in [0.4, 0.5) is 4.39 Å². The van der Waals surface area contributed by atoms with Crippen molar-refractivity contribution in [3.8, 4) is 0 Å². The number of aliphatic imine (C=N–C) groups is 1. The van der Waals surface area contributed by atoms with Gasteiger partial charge in [0, 0.05) is 42.2 Å². The topological polar surface area (TPSA) is 56.7 Å². The van der Waals surface area contributed by atoms with Crippen LogP contribution in [0.15, 0.2) is 23.2 Å². The average molecular weight is 495 g/mol. The molecule has 1 aliphatic heterocycles. The van der Waals surface area contributed by atoms with Crippen molar-refractivity contribution in [1.82, 2.24) is 15.5 Å². The quantitative estimate of drug-likeness (QED) is 0.376. The Morgan fingerprint density at radius 3 is 2.77 bits per heavy atom. The highest BCUT2D eigenvalue weighted by Crippen LogP contribution is 2.44. The van der Waals surface area contributed by atoms with Gasteiger partial charge in [0.1, 0.15) is 12.4 Å². The molecule has 1 aromatic rings. The summed E-state index contributed by atoms with van der Waals surface area (Å²) in [6, 6.07) is 4.84. The zero-order chi connectivity index (χ0) is 17.8. The van der Waals surface area contributed by atoms with Crippen LogP contribution in [0.2, 0.25) is 5.02 Å². The summed E-state index contributed by atoms with van der Waals surface area (Å²) < 4.78 is 14.0. The molecule has 26 heavy (non-hydrogen) atoms. The summed E-state index contributed by atoms with van der Waals surface area (Å²) in [5, 5.41) is 6.88. The third-order valence-electron chi connectivity index (χ3n) is 4.66. The van der Waals surface area contributed by atoms with E-state index in [0.29, 0.717) is 23.1 Å². The molecule has 1 amide bonds. The fraction of sp³-hybridized carbons (Fsp3) is 0.556. The van der Waals surface area contributed by atoms with Gasteiger partial charge in [0.05, 0.1) is 0 Å². The van der Waals surface area contributed by atoms with Crippen LogP contribution in [-0.2, 0) is 4.79 Å². The van der Waals surface area contributed by atoms with E-state index in [0.717, 1.165) is 32.4 Å². The Balaban J connectivity index is 0.00000243. The summed E-state index contributed by atoms with van der Waals surface area (Å²) in [5.74, 6) is 0.411. The molecule has 0 aromatic heterocycles. The van der Waals surface area contributed by atoms with E-state index in [1.54, 1.807) is 12.1 Å². The van der Waals surface area contributed by atoms with Crippen molar-refractivity contribution in [3.63, 3.8) is 0 Å². The van der Waals surface area contributed by atoms with Gasteiger partial charge in [-0.3, -0.25) is 4.79 Å². The molecule has 0 bridgehead atoms. The lowest BCUT2D eigenvalue weighted by molar-refractivity contribution is -0.128. The molecule has 2 atom stereocenters. The summed E-state index contributed by atoms with van der Waals surface area (Å²) in [7, 11) is 0. The van der Waals surface area contributed by atoms with Gasteiger partial charge in [-0.05, 0) is 38.3 Å². The molecule has 1 saturated carbocycles. The number of carbonyl (C=O) groups excluding carboxylic acids is 1. The number of rotatable bonds is 5. The third kappa shape index (κ3) is 5.22. The first-order valence-electron chi connectivity index (χ1n) is 8.86. The number of nitrogens with one attached hydrogen (secondary N) is 2. The van der Waals surface area contributed by atoms with Gasteiger partial charge in [0.25, 0.3) is 0 Å². The smallest absolute Gasteiger partial charge is 0.244 e. The third-order valence-corrected chi connectivity index (χ3v) is 4.99. The Morgan fingerprint density at radius 1 is 1.38 bits per heavy atom. The summed E-state index contributed by atoms with van der Waals surface area (Å²) >= 11 is 6.14. The van der Waals surface area contributed by atoms with Crippen LogP contribution in [0, 0.1) is 5.82 Å². The summed E-state index contributed by atoms with van der Waals surface area (Å²) in [4.78, 5) is 18.4. The highest BCUT2D eigenvalue weighted by Gasteiger charge is 2.41. The zero-order valence-electron chi connectivity index (χ0n) is 14.8. The Labute approximate surface area is 175 Å². The minimum absolute atomic E-state index is 0. The second kappa shape index (κ2) is 9.73. The maximum absolute atomic E-state index is 14.0. The number of benzene rings is 1.